The van der Waals surface area contributed by atoms with Crippen LogP contribution in [-0.2, 0) is 21.2 Å². The molecule has 0 atom stereocenters. The third-order valence-corrected chi connectivity index (χ3v) is 6.76. The predicted molar refractivity (Wildman–Crippen MR) is 108 cm³/mol. The van der Waals surface area contributed by atoms with Gasteiger partial charge >= 0.3 is 0 Å². The summed E-state index contributed by atoms with van der Waals surface area (Å²) in [4.78, 5) is 12.4. The predicted octanol–water partition coefficient (Wildman–Crippen LogP) is 4.35. The van der Waals surface area contributed by atoms with Crippen molar-refractivity contribution in [2.24, 2.45) is 0 Å². The largest absolute Gasteiger partial charge is 0.326 e. The van der Waals surface area contributed by atoms with Crippen molar-refractivity contribution < 1.29 is 13.2 Å². The maximum Gasteiger partial charge on any atom is 0.243 e. The molecule has 144 valence electrons. The van der Waals surface area contributed by atoms with Crippen molar-refractivity contribution in [1.29, 1.82) is 0 Å². The number of aryl methyl sites for hydroxylation is 1. The number of sulfonamides is 1. The first-order chi connectivity index (χ1) is 12.8. The number of hydrogen-bond donors (Lipinski definition) is 1. The number of amides is 1. The van der Waals surface area contributed by atoms with Crippen LogP contribution in [-0.4, -0.2) is 31.7 Å². The molecular weight excluding hydrogens is 407 g/mol. The van der Waals surface area contributed by atoms with Gasteiger partial charge in [0.25, 0.3) is 0 Å². The summed E-state index contributed by atoms with van der Waals surface area (Å²) in [5.41, 5.74) is 1.44. The Balaban J connectivity index is 1.57. The second kappa shape index (κ2) is 8.61. The molecule has 1 aliphatic rings. The summed E-state index contributed by atoms with van der Waals surface area (Å²) >= 11 is 11.8. The lowest BCUT2D eigenvalue weighted by Crippen LogP contribution is -2.27. The molecule has 2 aromatic rings. The minimum absolute atomic E-state index is 0.165. The number of carbonyl (C=O) groups excluding carboxylic acids is 1. The Morgan fingerprint density at radius 3 is 2.19 bits per heavy atom. The molecule has 2 aromatic carbocycles. The van der Waals surface area contributed by atoms with E-state index in [9.17, 15) is 13.2 Å². The molecule has 0 radical (unpaired) electrons. The third-order valence-electron chi connectivity index (χ3n) is 4.41. The zero-order valence-electron chi connectivity index (χ0n) is 14.6. The van der Waals surface area contributed by atoms with Crippen LogP contribution in [0.4, 0.5) is 5.69 Å². The number of carbonyl (C=O) groups is 1. The highest BCUT2D eigenvalue weighted by Gasteiger charge is 2.26. The quantitative estimate of drug-likeness (QED) is 0.746. The lowest BCUT2D eigenvalue weighted by atomic mass is 10.1. The molecule has 0 aliphatic carbocycles. The second-order valence-corrected chi connectivity index (χ2v) is 9.27. The first-order valence-corrected chi connectivity index (χ1v) is 10.9. The minimum atomic E-state index is -3.41. The number of nitrogens with one attached hydrogen (secondary N) is 1. The van der Waals surface area contributed by atoms with Crippen LogP contribution in [0.25, 0.3) is 0 Å². The van der Waals surface area contributed by atoms with E-state index in [1.54, 1.807) is 42.5 Å². The van der Waals surface area contributed by atoms with Crippen molar-refractivity contribution in [2.45, 2.75) is 30.6 Å². The Hall–Kier alpha value is -1.60. The molecule has 1 fully saturated rings. The zero-order chi connectivity index (χ0) is 19.4. The van der Waals surface area contributed by atoms with Gasteiger partial charge in [-0.05, 0) is 55.2 Å². The summed E-state index contributed by atoms with van der Waals surface area (Å²) in [5, 5.41) is 3.66. The van der Waals surface area contributed by atoms with Gasteiger partial charge in [0.2, 0.25) is 15.9 Å². The minimum Gasteiger partial charge on any atom is -0.326 e. The average Bonchev–Trinajstić information content (AvgIpc) is 3.15. The van der Waals surface area contributed by atoms with E-state index >= 15 is 0 Å². The Morgan fingerprint density at radius 1 is 1.00 bits per heavy atom. The second-order valence-electron chi connectivity index (χ2n) is 6.46. The monoisotopic (exact) mass is 426 g/mol. The molecule has 1 saturated heterocycles. The molecular formula is C19H20Cl2N2O3S. The van der Waals surface area contributed by atoms with Gasteiger partial charge in [0.1, 0.15) is 0 Å². The van der Waals surface area contributed by atoms with Crippen LogP contribution < -0.4 is 5.32 Å². The van der Waals surface area contributed by atoms with Gasteiger partial charge in [0.15, 0.2) is 0 Å². The maximum atomic E-state index is 12.5. The fraction of sp³-hybridized carbons (Fsp3) is 0.316. The van der Waals surface area contributed by atoms with Gasteiger partial charge in [0.05, 0.1) is 4.90 Å². The van der Waals surface area contributed by atoms with Crippen LogP contribution in [0.1, 0.15) is 24.8 Å². The molecule has 3 rings (SSSR count). The summed E-state index contributed by atoms with van der Waals surface area (Å²) in [6.07, 6.45) is 2.58. The number of hydrogen-bond acceptors (Lipinski definition) is 3. The summed E-state index contributed by atoms with van der Waals surface area (Å²) in [6, 6.07) is 11.6. The molecule has 0 bridgehead atoms. The van der Waals surface area contributed by atoms with Crippen LogP contribution in [0.2, 0.25) is 10.0 Å². The van der Waals surface area contributed by atoms with Gasteiger partial charge in [-0.1, -0.05) is 35.3 Å². The molecule has 0 unspecified atom stereocenters. The van der Waals surface area contributed by atoms with E-state index in [1.807, 2.05) is 0 Å². The van der Waals surface area contributed by atoms with Crippen molar-refractivity contribution in [3.63, 3.8) is 0 Å². The maximum absolute atomic E-state index is 12.5. The topological polar surface area (TPSA) is 66.5 Å². The van der Waals surface area contributed by atoms with Gasteiger partial charge in [-0.2, -0.15) is 4.31 Å². The van der Waals surface area contributed by atoms with Crippen molar-refractivity contribution in [2.75, 3.05) is 18.4 Å². The fourth-order valence-electron chi connectivity index (χ4n) is 3.01. The highest BCUT2D eigenvalue weighted by Crippen LogP contribution is 2.23. The van der Waals surface area contributed by atoms with Gasteiger partial charge < -0.3 is 5.32 Å². The van der Waals surface area contributed by atoms with E-state index in [1.165, 1.54) is 4.31 Å². The van der Waals surface area contributed by atoms with Gasteiger partial charge in [-0.3, -0.25) is 4.79 Å². The first kappa shape index (κ1) is 20.1. The third kappa shape index (κ3) is 5.23. The number of benzene rings is 2. The highest BCUT2D eigenvalue weighted by atomic mass is 35.5. The van der Waals surface area contributed by atoms with E-state index in [-0.39, 0.29) is 12.3 Å². The highest BCUT2D eigenvalue weighted by molar-refractivity contribution is 7.89. The van der Waals surface area contributed by atoms with Crippen LogP contribution in [0.3, 0.4) is 0 Å². The lowest BCUT2D eigenvalue weighted by molar-refractivity contribution is -0.116. The van der Waals surface area contributed by atoms with Crippen molar-refractivity contribution in [3.05, 3.63) is 58.1 Å². The molecule has 0 aromatic heterocycles. The molecule has 1 amide bonds. The molecule has 0 saturated carbocycles. The molecule has 8 heteroatoms. The molecule has 1 heterocycles. The number of anilines is 1. The van der Waals surface area contributed by atoms with Gasteiger partial charge in [-0.25, -0.2) is 8.42 Å². The Kier molecular flexibility index (Phi) is 6.42. The van der Waals surface area contributed by atoms with Crippen LogP contribution in [0.15, 0.2) is 47.4 Å². The fourth-order valence-corrected chi connectivity index (χ4v) is 5.06. The summed E-state index contributed by atoms with van der Waals surface area (Å²) in [7, 11) is -3.41. The van der Waals surface area contributed by atoms with Crippen LogP contribution in [0, 0.1) is 0 Å². The summed E-state index contributed by atoms with van der Waals surface area (Å²) < 4.78 is 26.5. The van der Waals surface area contributed by atoms with E-state index in [0.717, 1.165) is 18.4 Å². The van der Waals surface area contributed by atoms with E-state index in [0.29, 0.717) is 40.1 Å². The summed E-state index contributed by atoms with van der Waals surface area (Å²) in [6.45, 7) is 1.16. The normalized spacial score (nSPS) is 15.0. The van der Waals surface area contributed by atoms with E-state index in [4.69, 9.17) is 23.2 Å². The van der Waals surface area contributed by atoms with Crippen molar-refractivity contribution in [3.8, 4) is 0 Å². The number of halogens is 2. The molecule has 5 nitrogen and oxygen atoms in total. The summed E-state index contributed by atoms with van der Waals surface area (Å²) in [5.74, 6) is -0.165. The van der Waals surface area contributed by atoms with Crippen molar-refractivity contribution >= 4 is 44.8 Å². The SMILES string of the molecule is O=C(CCc1ccc(S(=O)(=O)N2CCCC2)cc1)Nc1cc(Cl)cc(Cl)c1. The standard InChI is InChI=1S/C19H20Cl2N2O3S/c20-15-11-16(21)13-17(12-15)22-19(24)8-5-14-3-6-18(7-4-14)27(25,26)23-9-1-2-10-23/h3-4,6-7,11-13H,1-2,5,8-10H2,(H,22,24). The lowest BCUT2D eigenvalue weighted by Gasteiger charge is -2.15. The number of nitrogens with zero attached hydrogens (tertiary/aromatic N) is 1. The van der Waals surface area contributed by atoms with Crippen LogP contribution in [0.5, 0.6) is 0 Å². The van der Waals surface area contributed by atoms with Crippen LogP contribution >= 0.6 is 23.2 Å². The van der Waals surface area contributed by atoms with Gasteiger partial charge in [0, 0.05) is 35.2 Å². The van der Waals surface area contributed by atoms with Gasteiger partial charge in [-0.15, -0.1) is 0 Å². The Labute approximate surface area is 169 Å². The smallest absolute Gasteiger partial charge is 0.243 e. The number of rotatable bonds is 6. The average molecular weight is 427 g/mol. The van der Waals surface area contributed by atoms with E-state index < -0.39 is 10.0 Å². The van der Waals surface area contributed by atoms with Crippen molar-refractivity contribution in [1.82, 2.24) is 4.31 Å². The van der Waals surface area contributed by atoms with E-state index in [2.05, 4.69) is 5.32 Å². The molecule has 1 N–H and O–H groups in total. The molecule has 0 spiro atoms. The molecule has 27 heavy (non-hydrogen) atoms. The molecule has 1 aliphatic heterocycles. The first-order valence-electron chi connectivity index (χ1n) is 8.70. The zero-order valence-corrected chi connectivity index (χ0v) is 16.9. The Bertz CT molecular complexity index is 904. The Morgan fingerprint density at radius 2 is 1.59 bits per heavy atom.